The van der Waals surface area contributed by atoms with E-state index in [1.54, 1.807) is 0 Å². The number of rotatable bonds is 0. The first kappa shape index (κ1) is 264. The van der Waals surface area contributed by atoms with Gasteiger partial charge in [-0.3, -0.25) is 0 Å². The summed E-state index contributed by atoms with van der Waals surface area (Å²) in [6.07, 6.45) is 0.250. The molecule has 0 radical (unpaired) electrons. The van der Waals surface area contributed by atoms with Crippen molar-refractivity contribution < 1.29 is 15.1 Å². The fraction of sp³-hybridized carbons (Fsp3) is 0.833. The molecule has 0 heterocycles. The van der Waals surface area contributed by atoms with Gasteiger partial charge in [0.2, 0.25) is 0 Å². The van der Waals surface area contributed by atoms with Gasteiger partial charge in [0.05, 0.1) is 0 Å². The molecule has 96 valence electrons. The summed E-state index contributed by atoms with van der Waals surface area (Å²) in [5.74, 6) is 0. The van der Waals surface area contributed by atoms with Crippen LogP contribution in [0.15, 0.2) is 0 Å². The molecule has 0 saturated carbocycles. The van der Waals surface area contributed by atoms with Crippen LogP contribution in [-0.4, -0.2) is 11.6 Å². The summed E-state index contributed by atoms with van der Waals surface area (Å²) in [7, 11) is 0. The highest BCUT2D eigenvalue weighted by Gasteiger charge is 1.13. The summed E-state index contributed by atoms with van der Waals surface area (Å²) in [6, 6.07) is 0. The highest BCUT2D eigenvalue weighted by Crippen LogP contribution is 0.787. The van der Waals surface area contributed by atoms with Crippen molar-refractivity contribution in [3.8, 4) is 0 Å². The van der Waals surface area contributed by atoms with Crippen molar-refractivity contribution in [3.63, 3.8) is 0 Å². The van der Waals surface area contributed by atoms with Crippen molar-refractivity contribution in [2.24, 2.45) is 0 Å². The van der Waals surface area contributed by atoms with E-state index < -0.39 is 0 Å². The fourth-order valence-corrected chi connectivity index (χ4v) is 0. The van der Waals surface area contributed by atoms with Crippen LogP contribution in [0.1, 0.15) is 37.1 Å². The van der Waals surface area contributed by atoms with E-state index >= 15 is 0 Å². The summed E-state index contributed by atoms with van der Waals surface area (Å²) in [4.78, 5) is 44.2. The SMILES string of the molecule is C.C.C.C.C.N.O.O=C=O.O=O.O=O. The summed E-state index contributed by atoms with van der Waals surface area (Å²) in [5, 5.41) is 0. The van der Waals surface area contributed by atoms with Crippen LogP contribution in [0, 0.1) is 19.9 Å². The molecule has 0 aliphatic rings. The minimum absolute atomic E-state index is 0. The highest BCUT2D eigenvalue weighted by atomic mass is 16.7. The Hall–Kier alpha value is -1.50. The Labute approximate surface area is 85.4 Å². The maximum atomic E-state index is 8.12. The van der Waals surface area contributed by atoms with Crippen LogP contribution in [0.5, 0.6) is 0 Å². The van der Waals surface area contributed by atoms with Crippen LogP contribution in [0.3, 0.4) is 0 Å². The number of hydrogen-bond acceptors (Lipinski definition) is 7. The van der Waals surface area contributed by atoms with Crippen molar-refractivity contribution in [1.29, 1.82) is 0 Å². The highest BCUT2D eigenvalue weighted by molar-refractivity contribution is 5.20. The average Bonchev–Trinajstić information content (AvgIpc) is 1.78. The Morgan fingerprint density at radius 1 is 0.571 bits per heavy atom. The van der Waals surface area contributed by atoms with E-state index in [9.17, 15) is 0 Å². The van der Waals surface area contributed by atoms with Gasteiger partial charge in [-0.15, -0.1) is 0 Å². The molecule has 0 atom stereocenters. The molecule has 0 aromatic heterocycles. The third-order valence-electron chi connectivity index (χ3n) is 0. The van der Waals surface area contributed by atoms with Crippen LogP contribution < -0.4 is 6.15 Å². The third-order valence-corrected chi connectivity index (χ3v) is 0. The predicted octanol–water partition coefficient (Wildman–Crippen LogP) is 2.07. The second-order valence-electron chi connectivity index (χ2n) is 0.0833. The van der Waals surface area contributed by atoms with Crippen LogP contribution in [-0.2, 0) is 9.59 Å². The van der Waals surface area contributed by atoms with Gasteiger partial charge in [-0.2, -0.15) is 9.59 Å². The second-order valence-corrected chi connectivity index (χ2v) is 0.0833. The Kier molecular flexibility index (Phi) is 95800. The molecule has 0 aromatic rings. The van der Waals surface area contributed by atoms with Crippen molar-refractivity contribution in [2.45, 2.75) is 37.1 Å². The summed E-state index contributed by atoms with van der Waals surface area (Å²) in [5.41, 5.74) is 0. The summed E-state index contributed by atoms with van der Waals surface area (Å²) < 4.78 is 0. The van der Waals surface area contributed by atoms with Crippen molar-refractivity contribution in [1.82, 2.24) is 6.15 Å². The van der Waals surface area contributed by atoms with Crippen molar-refractivity contribution in [2.75, 3.05) is 0 Å². The lowest BCUT2D eigenvalue weighted by Crippen LogP contribution is -1.22. The lowest BCUT2D eigenvalue weighted by Gasteiger charge is -0.945. The molecule has 8 heteroatoms. The fourth-order valence-electron chi connectivity index (χ4n) is 0. The third kappa shape index (κ3) is 421. The van der Waals surface area contributed by atoms with E-state index in [1.807, 2.05) is 0 Å². The summed E-state index contributed by atoms with van der Waals surface area (Å²) >= 11 is 0. The molecule has 0 aromatic carbocycles. The minimum Gasteiger partial charge on any atom is -0.412 e. The standard InChI is InChI=1S/CO2.5CH4.H3N.2O2.H2O/c2-1-3;;;;;;;2*1-2;/h;5*1H4;1H3;;;1H2. The van der Waals surface area contributed by atoms with Crippen molar-refractivity contribution in [3.05, 3.63) is 19.9 Å². The lowest BCUT2D eigenvalue weighted by molar-refractivity contribution is -0.191. The molecule has 0 bridgehead atoms. The zero-order valence-electron chi connectivity index (χ0n) is 4.16. The first-order chi connectivity index (χ1) is 3.41. The lowest BCUT2D eigenvalue weighted by atomic mass is 11.8. The van der Waals surface area contributed by atoms with Gasteiger partial charge in [-0.05, 0) is 0 Å². The molecule has 0 aliphatic heterocycles. The summed E-state index contributed by atoms with van der Waals surface area (Å²) in [6.45, 7) is 0. The van der Waals surface area contributed by atoms with Gasteiger partial charge in [0.15, 0.2) is 0 Å². The first-order valence-corrected chi connectivity index (χ1v) is 0.742. The van der Waals surface area contributed by atoms with Gasteiger partial charge in [0.1, 0.15) is 0 Å². The van der Waals surface area contributed by atoms with Gasteiger partial charge in [0.25, 0.3) is 0 Å². The maximum absolute atomic E-state index is 8.12. The first-order valence-electron chi connectivity index (χ1n) is 0.742. The minimum atomic E-state index is 0. The van der Waals surface area contributed by atoms with E-state index in [2.05, 4.69) is 0 Å². The van der Waals surface area contributed by atoms with E-state index in [-0.39, 0.29) is 54.9 Å². The molecular weight excluding hydrogens is 198 g/mol. The van der Waals surface area contributed by atoms with Crippen molar-refractivity contribution >= 4 is 6.15 Å². The van der Waals surface area contributed by atoms with Crippen LogP contribution in [0.25, 0.3) is 0 Å². The van der Waals surface area contributed by atoms with E-state index in [1.165, 1.54) is 0 Å². The molecule has 0 amide bonds. The van der Waals surface area contributed by atoms with Gasteiger partial charge in [0, 0.05) is 19.9 Å². The average molecular weight is 223 g/mol. The molecule has 0 saturated heterocycles. The van der Waals surface area contributed by atoms with E-state index in [0.717, 1.165) is 0 Å². The van der Waals surface area contributed by atoms with E-state index in [0.29, 0.717) is 0 Å². The predicted molar refractivity (Wildman–Crippen MR) is 60.8 cm³/mol. The molecule has 0 aliphatic carbocycles. The van der Waals surface area contributed by atoms with Gasteiger partial charge < -0.3 is 11.6 Å². The number of hydrogen-bond donors (Lipinski definition) is 1. The van der Waals surface area contributed by atoms with Crippen LogP contribution in [0.2, 0.25) is 0 Å². The Morgan fingerprint density at radius 2 is 0.571 bits per heavy atom. The second kappa shape index (κ2) is 5070. The van der Waals surface area contributed by atoms with Gasteiger partial charge in [-0.25, -0.2) is 0 Å². The topological polar surface area (TPSA) is 169 Å². The molecule has 14 heavy (non-hydrogen) atoms. The van der Waals surface area contributed by atoms with Gasteiger partial charge in [-0.1, -0.05) is 37.1 Å². The van der Waals surface area contributed by atoms with E-state index in [4.69, 9.17) is 29.4 Å². The normalized spacial score (nSPS) is 1.14. The van der Waals surface area contributed by atoms with Gasteiger partial charge >= 0.3 is 6.15 Å². The zero-order chi connectivity index (χ0) is 6.71. The van der Waals surface area contributed by atoms with Crippen LogP contribution in [0.4, 0.5) is 0 Å². The molecule has 0 unspecified atom stereocenters. The largest absolute Gasteiger partial charge is 0.412 e. The molecule has 0 rings (SSSR count). The molecular formula is C6H25NO7. The van der Waals surface area contributed by atoms with Crippen LogP contribution >= 0.6 is 0 Å². The Morgan fingerprint density at radius 3 is 0.571 bits per heavy atom. The number of carbonyl (C=O) groups excluding carboxylic acids is 2. The Balaban J connectivity index is -0.00000000174. The molecule has 0 fully saturated rings. The monoisotopic (exact) mass is 223 g/mol. The molecule has 8 nitrogen and oxygen atoms in total. The quantitative estimate of drug-likeness (QED) is 0.654. The maximum Gasteiger partial charge on any atom is 0.373 e. The molecule has 0 spiro atoms. The zero-order valence-corrected chi connectivity index (χ0v) is 4.16. The Bertz CT molecular complexity index is 54.1. The smallest absolute Gasteiger partial charge is 0.373 e. The molecule has 5 N–H and O–H groups in total.